The molecule has 26 heavy (non-hydrogen) atoms. The van der Waals surface area contributed by atoms with E-state index in [4.69, 9.17) is 0 Å². The van der Waals surface area contributed by atoms with Gasteiger partial charge in [-0.15, -0.1) is 0 Å². The normalized spacial score (nSPS) is 16.1. The Hall–Kier alpha value is -2.35. The molecule has 1 aromatic carbocycles. The van der Waals surface area contributed by atoms with Crippen LogP contribution in [-0.4, -0.2) is 51.7 Å². The number of alkyl halides is 3. The fourth-order valence-electron chi connectivity index (χ4n) is 3.11. The van der Waals surface area contributed by atoms with E-state index in [1.54, 1.807) is 4.90 Å². The highest BCUT2D eigenvalue weighted by Crippen LogP contribution is 2.28. The van der Waals surface area contributed by atoms with Gasteiger partial charge in [0, 0.05) is 45.8 Å². The number of carbonyl (C=O) groups is 1. The Morgan fingerprint density at radius 1 is 1.15 bits per heavy atom. The van der Waals surface area contributed by atoms with E-state index in [-0.39, 0.29) is 5.69 Å². The molecule has 1 amide bonds. The number of amides is 1. The minimum atomic E-state index is -4.55. The Bertz CT molecular complexity index is 792. The number of carbonyl (C=O) groups excluding carboxylic acids is 1. The van der Waals surface area contributed by atoms with Crippen molar-refractivity contribution in [2.75, 3.05) is 26.2 Å². The summed E-state index contributed by atoms with van der Waals surface area (Å²) >= 11 is 0. The van der Waals surface area contributed by atoms with Gasteiger partial charge in [0.1, 0.15) is 5.69 Å². The van der Waals surface area contributed by atoms with E-state index in [0.717, 1.165) is 17.3 Å². The van der Waals surface area contributed by atoms with Crippen molar-refractivity contribution in [1.82, 2.24) is 19.6 Å². The molecule has 0 saturated carbocycles. The van der Waals surface area contributed by atoms with Crippen LogP contribution in [0.15, 0.2) is 30.3 Å². The second kappa shape index (κ2) is 7.11. The van der Waals surface area contributed by atoms with Gasteiger partial charge in [0.2, 0.25) is 0 Å². The van der Waals surface area contributed by atoms with E-state index in [2.05, 4.69) is 29.1 Å². The third kappa shape index (κ3) is 3.90. The zero-order valence-corrected chi connectivity index (χ0v) is 14.8. The summed E-state index contributed by atoms with van der Waals surface area (Å²) in [6.45, 7) is 5.21. The minimum absolute atomic E-state index is 0.0373. The Kier molecular flexibility index (Phi) is 5.04. The fourth-order valence-corrected chi connectivity index (χ4v) is 3.11. The first-order valence-corrected chi connectivity index (χ1v) is 8.43. The summed E-state index contributed by atoms with van der Waals surface area (Å²) in [6, 6.07) is 8.97. The van der Waals surface area contributed by atoms with Crippen molar-refractivity contribution in [2.45, 2.75) is 19.6 Å². The number of halogens is 3. The molecule has 0 bridgehead atoms. The molecule has 1 fully saturated rings. The smallest absolute Gasteiger partial charge is 0.335 e. The van der Waals surface area contributed by atoms with Gasteiger partial charge in [-0.25, -0.2) is 0 Å². The number of benzene rings is 1. The molecular weight excluding hydrogens is 345 g/mol. The van der Waals surface area contributed by atoms with Crippen LogP contribution in [-0.2, 0) is 19.8 Å². The average Bonchev–Trinajstić information content (AvgIpc) is 2.99. The summed E-state index contributed by atoms with van der Waals surface area (Å²) in [5, 5.41) is 3.41. The van der Waals surface area contributed by atoms with Crippen LogP contribution in [0.25, 0.3) is 0 Å². The topological polar surface area (TPSA) is 41.4 Å². The van der Waals surface area contributed by atoms with E-state index < -0.39 is 17.8 Å². The molecule has 1 saturated heterocycles. The van der Waals surface area contributed by atoms with E-state index >= 15 is 0 Å². The van der Waals surface area contributed by atoms with Crippen LogP contribution >= 0.6 is 0 Å². The predicted octanol–water partition coefficient (Wildman–Crippen LogP) is 2.71. The predicted molar refractivity (Wildman–Crippen MR) is 90.6 cm³/mol. The molecule has 5 nitrogen and oxygen atoms in total. The Labute approximate surface area is 150 Å². The average molecular weight is 366 g/mol. The van der Waals surface area contributed by atoms with Crippen LogP contribution < -0.4 is 0 Å². The molecule has 0 unspecified atom stereocenters. The van der Waals surface area contributed by atoms with Crippen LogP contribution in [0.4, 0.5) is 13.2 Å². The third-order valence-electron chi connectivity index (χ3n) is 4.70. The largest absolute Gasteiger partial charge is 0.435 e. The highest BCUT2D eigenvalue weighted by atomic mass is 19.4. The van der Waals surface area contributed by atoms with Gasteiger partial charge in [-0.05, 0) is 18.1 Å². The monoisotopic (exact) mass is 366 g/mol. The summed E-state index contributed by atoms with van der Waals surface area (Å²) < 4.78 is 39.3. The molecule has 0 spiro atoms. The van der Waals surface area contributed by atoms with Crippen molar-refractivity contribution in [1.29, 1.82) is 0 Å². The lowest BCUT2D eigenvalue weighted by Gasteiger charge is -2.35. The van der Waals surface area contributed by atoms with E-state index in [0.29, 0.717) is 26.2 Å². The van der Waals surface area contributed by atoms with Gasteiger partial charge < -0.3 is 4.90 Å². The van der Waals surface area contributed by atoms with Gasteiger partial charge in [0.05, 0.1) is 0 Å². The zero-order valence-electron chi connectivity index (χ0n) is 14.8. The molecule has 2 aromatic rings. The summed E-state index contributed by atoms with van der Waals surface area (Å²) in [4.78, 5) is 16.4. The number of rotatable bonds is 3. The Balaban J connectivity index is 1.62. The summed E-state index contributed by atoms with van der Waals surface area (Å²) in [5.41, 5.74) is 1.39. The minimum Gasteiger partial charge on any atom is -0.335 e. The lowest BCUT2D eigenvalue weighted by Crippen LogP contribution is -2.48. The lowest BCUT2D eigenvalue weighted by molar-refractivity contribution is -0.141. The highest BCUT2D eigenvalue weighted by molar-refractivity contribution is 5.92. The van der Waals surface area contributed by atoms with Crippen molar-refractivity contribution in [2.24, 2.45) is 7.05 Å². The molecule has 2 heterocycles. The summed E-state index contributed by atoms with van der Waals surface area (Å²) in [5.74, 6) is -0.411. The van der Waals surface area contributed by atoms with Crippen LogP contribution in [0.2, 0.25) is 0 Å². The number of hydrogen-bond acceptors (Lipinski definition) is 3. The maximum absolute atomic E-state index is 12.8. The molecule has 1 aliphatic rings. The second-order valence-electron chi connectivity index (χ2n) is 6.53. The molecule has 1 aliphatic heterocycles. The van der Waals surface area contributed by atoms with Crippen LogP contribution in [0.5, 0.6) is 0 Å². The van der Waals surface area contributed by atoms with Gasteiger partial charge in [-0.2, -0.15) is 18.3 Å². The molecule has 140 valence electrons. The van der Waals surface area contributed by atoms with Gasteiger partial charge >= 0.3 is 6.18 Å². The molecule has 8 heteroatoms. The van der Waals surface area contributed by atoms with Gasteiger partial charge in [0.25, 0.3) is 5.91 Å². The second-order valence-corrected chi connectivity index (χ2v) is 6.53. The summed E-state index contributed by atoms with van der Waals surface area (Å²) in [6.07, 6.45) is -4.55. The molecule has 0 radical (unpaired) electrons. The van der Waals surface area contributed by atoms with Crippen molar-refractivity contribution in [3.8, 4) is 0 Å². The number of hydrogen-bond donors (Lipinski definition) is 0. The van der Waals surface area contributed by atoms with Crippen LogP contribution in [0.1, 0.15) is 27.3 Å². The molecule has 0 aliphatic carbocycles. The van der Waals surface area contributed by atoms with E-state index in [9.17, 15) is 18.0 Å². The Morgan fingerprint density at radius 3 is 2.38 bits per heavy atom. The van der Waals surface area contributed by atoms with Crippen LogP contribution in [0, 0.1) is 6.92 Å². The maximum Gasteiger partial charge on any atom is 0.435 e. The van der Waals surface area contributed by atoms with E-state index in [1.807, 2.05) is 12.1 Å². The zero-order chi connectivity index (χ0) is 18.9. The van der Waals surface area contributed by atoms with Crippen LogP contribution in [0.3, 0.4) is 0 Å². The number of nitrogens with zero attached hydrogens (tertiary/aromatic N) is 4. The molecule has 1 aromatic heterocycles. The standard InChI is InChI=1S/C18H21F3N4O/c1-13-5-3-4-6-14(13)12-24-7-9-25(10-8-24)17(26)15-11-16(18(19,20)21)22-23(15)2/h3-6,11H,7-10,12H2,1-2H3. The van der Waals surface area contributed by atoms with E-state index in [1.165, 1.54) is 18.2 Å². The number of aryl methyl sites for hydroxylation is 2. The molecular formula is C18H21F3N4O. The Morgan fingerprint density at radius 2 is 1.81 bits per heavy atom. The van der Waals surface area contributed by atoms with Crippen molar-refractivity contribution >= 4 is 5.91 Å². The van der Waals surface area contributed by atoms with Crippen molar-refractivity contribution in [3.63, 3.8) is 0 Å². The fraction of sp³-hybridized carbons (Fsp3) is 0.444. The lowest BCUT2D eigenvalue weighted by atomic mass is 10.1. The first-order chi connectivity index (χ1) is 12.3. The van der Waals surface area contributed by atoms with Crippen molar-refractivity contribution in [3.05, 3.63) is 52.8 Å². The third-order valence-corrected chi connectivity index (χ3v) is 4.70. The first-order valence-electron chi connectivity index (χ1n) is 8.43. The molecule has 3 rings (SSSR count). The molecule has 0 atom stereocenters. The van der Waals surface area contributed by atoms with Gasteiger partial charge in [0.15, 0.2) is 5.69 Å². The first kappa shape index (κ1) is 18.4. The van der Waals surface area contributed by atoms with Gasteiger partial charge in [-0.1, -0.05) is 24.3 Å². The number of piperazine rings is 1. The SMILES string of the molecule is Cc1ccccc1CN1CCN(C(=O)c2cc(C(F)(F)F)nn2C)CC1. The molecule has 0 N–H and O–H groups in total. The van der Waals surface area contributed by atoms with Gasteiger partial charge in [-0.3, -0.25) is 14.4 Å². The quantitative estimate of drug-likeness (QED) is 0.839. The number of aromatic nitrogens is 2. The van der Waals surface area contributed by atoms with Crippen molar-refractivity contribution < 1.29 is 18.0 Å². The summed E-state index contributed by atoms with van der Waals surface area (Å²) in [7, 11) is 1.36. The highest BCUT2D eigenvalue weighted by Gasteiger charge is 2.36. The maximum atomic E-state index is 12.8.